The molecule has 1 aliphatic heterocycles. The Morgan fingerprint density at radius 1 is 0.864 bits per heavy atom. The van der Waals surface area contributed by atoms with Crippen LogP contribution in [0.1, 0.15) is 24.0 Å². The van der Waals surface area contributed by atoms with Crippen LogP contribution in [0.3, 0.4) is 0 Å². The monoisotopic (exact) mass is 295 g/mol. The highest BCUT2D eigenvalue weighted by molar-refractivity contribution is 5.78. The van der Waals surface area contributed by atoms with Gasteiger partial charge in [0.05, 0.1) is 5.92 Å². The van der Waals surface area contributed by atoms with Crippen LogP contribution in [0, 0.1) is 5.92 Å². The van der Waals surface area contributed by atoms with Gasteiger partial charge in [0.25, 0.3) is 0 Å². The third kappa shape index (κ3) is 3.48. The van der Waals surface area contributed by atoms with Gasteiger partial charge in [0.2, 0.25) is 0 Å². The first-order chi connectivity index (χ1) is 10.7. The first kappa shape index (κ1) is 14.6. The van der Waals surface area contributed by atoms with E-state index in [9.17, 15) is 4.79 Å². The highest BCUT2D eigenvalue weighted by Crippen LogP contribution is 2.30. The van der Waals surface area contributed by atoms with E-state index in [0.717, 1.165) is 31.4 Å². The largest absolute Gasteiger partial charge is 0.461 e. The molecular weight excluding hydrogens is 274 g/mol. The Balaban J connectivity index is 1.49. The lowest BCUT2D eigenvalue weighted by Gasteiger charge is -2.35. The maximum atomic E-state index is 11.7. The maximum absolute atomic E-state index is 11.7. The van der Waals surface area contributed by atoms with E-state index in [1.807, 2.05) is 42.5 Å². The Morgan fingerprint density at radius 3 is 2.18 bits per heavy atom. The SMILES string of the molecule is Nc1ccc(CCC2C(=O)OC2CCc2ccccc2)cc1. The number of carbonyl (C=O) groups is 1. The van der Waals surface area contributed by atoms with Crippen molar-refractivity contribution in [3.63, 3.8) is 0 Å². The third-order valence-corrected chi connectivity index (χ3v) is 4.30. The second-order valence-electron chi connectivity index (χ2n) is 5.89. The zero-order chi connectivity index (χ0) is 15.4. The molecule has 0 aliphatic carbocycles. The van der Waals surface area contributed by atoms with E-state index < -0.39 is 0 Å². The Labute approximate surface area is 131 Å². The van der Waals surface area contributed by atoms with Gasteiger partial charge >= 0.3 is 5.97 Å². The van der Waals surface area contributed by atoms with Crippen LogP contribution in [-0.2, 0) is 22.4 Å². The minimum absolute atomic E-state index is 0.0428. The number of hydrogen-bond acceptors (Lipinski definition) is 3. The van der Waals surface area contributed by atoms with E-state index in [2.05, 4.69) is 12.1 Å². The fraction of sp³-hybridized carbons (Fsp3) is 0.316. The average molecular weight is 295 g/mol. The molecule has 1 heterocycles. The zero-order valence-corrected chi connectivity index (χ0v) is 12.6. The smallest absolute Gasteiger partial charge is 0.313 e. The molecule has 2 aromatic carbocycles. The second-order valence-corrected chi connectivity index (χ2v) is 5.89. The molecule has 2 unspecified atom stereocenters. The molecular formula is C19H21NO2. The summed E-state index contributed by atoms with van der Waals surface area (Å²) in [6.07, 6.45) is 3.67. The lowest BCUT2D eigenvalue weighted by molar-refractivity contribution is -0.185. The average Bonchev–Trinajstić information content (AvgIpc) is 2.54. The maximum Gasteiger partial charge on any atom is 0.313 e. The summed E-state index contributed by atoms with van der Waals surface area (Å²) in [6.45, 7) is 0. The van der Waals surface area contributed by atoms with Gasteiger partial charge in [-0.2, -0.15) is 0 Å². The number of anilines is 1. The van der Waals surface area contributed by atoms with Crippen LogP contribution in [-0.4, -0.2) is 12.1 Å². The second kappa shape index (κ2) is 6.65. The van der Waals surface area contributed by atoms with E-state index >= 15 is 0 Å². The van der Waals surface area contributed by atoms with Crippen molar-refractivity contribution in [2.75, 3.05) is 5.73 Å². The van der Waals surface area contributed by atoms with Crippen LogP contribution in [0.4, 0.5) is 5.69 Å². The Morgan fingerprint density at radius 2 is 1.50 bits per heavy atom. The van der Waals surface area contributed by atoms with E-state index in [1.165, 1.54) is 11.1 Å². The predicted octanol–water partition coefficient (Wildman–Crippen LogP) is 3.38. The summed E-state index contributed by atoms with van der Waals surface area (Å²) in [6, 6.07) is 18.2. The van der Waals surface area contributed by atoms with Gasteiger partial charge in [-0.15, -0.1) is 0 Å². The molecule has 3 rings (SSSR count). The fourth-order valence-electron chi connectivity index (χ4n) is 2.92. The van der Waals surface area contributed by atoms with Crippen LogP contribution in [0.5, 0.6) is 0 Å². The van der Waals surface area contributed by atoms with Gasteiger partial charge < -0.3 is 10.5 Å². The molecule has 0 spiro atoms. The number of aryl methyl sites for hydroxylation is 2. The van der Waals surface area contributed by atoms with Crippen molar-refractivity contribution in [1.29, 1.82) is 0 Å². The number of benzene rings is 2. The van der Waals surface area contributed by atoms with Crippen LogP contribution in [0.2, 0.25) is 0 Å². The van der Waals surface area contributed by atoms with Crippen molar-refractivity contribution in [3.8, 4) is 0 Å². The number of cyclic esters (lactones) is 1. The van der Waals surface area contributed by atoms with Crippen LogP contribution >= 0.6 is 0 Å². The van der Waals surface area contributed by atoms with Crippen LogP contribution in [0.25, 0.3) is 0 Å². The van der Waals surface area contributed by atoms with E-state index in [1.54, 1.807) is 0 Å². The van der Waals surface area contributed by atoms with Crippen LogP contribution in [0.15, 0.2) is 54.6 Å². The zero-order valence-electron chi connectivity index (χ0n) is 12.6. The molecule has 0 aromatic heterocycles. The number of carbonyl (C=O) groups excluding carboxylic acids is 1. The van der Waals surface area contributed by atoms with Crippen molar-refractivity contribution in [1.82, 2.24) is 0 Å². The van der Waals surface area contributed by atoms with Gasteiger partial charge in [0, 0.05) is 5.69 Å². The van der Waals surface area contributed by atoms with Gasteiger partial charge in [0.15, 0.2) is 0 Å². The summed E-state index contributed by atoms with van der Waals surface area (Å²) in [5, 5.41) is 0. The van der Waals surface area contributed by atoms with Gasteiger partial charge in [-0.3, -0.25) is 4.79 Å². The summed E-state index contributed by atoms with van der Waals surface area (Å²) in [7, 11) is 0. The highest BCUT2D eigenvalue weighted by Gasteiger charge is 2.41. The molecule has 2 atom stereocenters. The number of esters is 1. The molecule has 22 heavy (non-hydrogen) atoms. The standard InChI is InChI=1S/C19H21NO2/c20-16-10-6-15(7-11-16)8-12-17-18(22-19(17)21)13-9-14-4-2-1-3-5-14/h1-7,10-11,17-18H,8-9,12-13,20H2. The van der Waals surface area contributed by atoms with Crippen molar-refractivity contribution in [2.24, 2.45) is 5.92 Å². The highest BCUT2D eigenvalue weighted by atomic mass is 16.6. The predicted molar refractivity (Wildman–Crippen MR) is 87.3 cm³/mol. The van der Waals surface area contributed by atoms with E-state index in [4.69, 9.17) is 10.5 Å². The van der Waals surface area contributed by atoms with Gasteiger partial charge in [-0.05, 0) is 48.9 Å². The van der Waals surface area contributed by atoms with Crippen molar-refractivity contribution in [2.45, 2.75) is 31.8 Å². The fourth-order valence-corrected chi connectivity index (χ4v) is 2.92. The Bertz CT molecular complexity index is 622. The Kier molecular flexibility index (Phi) is 4.42. The topological polar surface area (TPSA) is 52.3 Å². The minimum atomic E-state index is -0.0477. The van der Waals surface area contributed by atoms with E-state index in [0.29, 0.717) is 0 Å². The molecule has 3 nitrogen and oxygen atoms in total. The Hall–Kier alpha value is -2.29. The van der Waals surface area contributed by atoms with E-state index in [-0.39, 0.29) is 18.0 Å². The minimum Gasteiger partial charge on any atom is -0.461 e. The molecule has 0 saturated carbocycles. The molecule has 3 heteroatoms. The molecule has 0 radical (unpaired) electrons. The summed E-state index contributed by atoms with van der Waals surface area (Å²) in [5.41, 5.74) is 8.97. The number of nitrogens with two attached hydrogens (primary N) is 1. The number of nitrogen functional groups attached to an aromatic ring is 1. The van der Waals surface area contributed by atoms with Gasteiger partial charge in [-0.1, -0.05) is 42.5 Å². The van der Waals surface area contributed by atoms with Crippen molar-refractivity contribution < 1.29 is 9.53 Å². The first-order valence-corrected chi connectivity index (χ1v) is 7.81. The molecule has 0 bridgehead atoms. The molecule has 114 valence electrons. The number of rotatable bonds is 6. The summed E-state index contributed by atoms with van der Waals surface area (Å²) < 4.78 is 5.32. The number of ether oxygens (including phenoxy) is 1. The number of hydrogen-bond donors (Lipinski definition) is 1. The molecule has 1 saturated heterocycles. The quantitative estimate of drug-likeness (QED) is 0.656. The summed E-state index contributed by atoms with van der Waals surface area (Å²) in [5.74, 6) is -0.00484. The van der Waals surface area contributed by atoms with Crippen molar-refractivity contribution >= 4 is 11.7 Å². The lowest BCUT2D eigenvalue weighted by Crippen LogP contribution is -2.45. The molecule has 2 N–H and O–H groups in total. The molecule has 2 aromatic rings. The normalized spacial score (nSPS) is 20.3. The van der Waals surface area contributed by atoms with Gasteiger partial charge in [0.1, 0.15) is 6.10 Å². The summed E-state index contributed by atoms with van der Waals surface area (Å²) >= 11 is 0. The third-order valence-electron chi connectivity index (χ3n) is 4.30. The van der Waals surface area contributed by atoms with Crippen molar-refractivity contribution in [3.05, 3.63) is 65.7 Å². The van der Waals surface area contributed by atoms with Gasteiger partial charge in [-0.25, -0.2) is 0 Å². The lowest BCUT2D eigenvalue weighted by atomic mass is 9.87. The summed E-state index contributed by atoms with van der Waals surface area (Å²) in [4.78, 5) is 11.7. The first-order valence-electron chi connectivity index (χ1n) is 7.81. The molecule has 1 aliphatic rings. The van der Waals surface area contributed by atoms with Crippen LogP contribution < -0.4 is 5.73 Å². The molecule has 0 amide bonds. The molecule has 1 fully saturated rings.